The molecular weight excluding hydrogens is 300 g/mol. The first-order valence-electron chi connectivity index (χ1n) is 5.52. The van der Waals surface area contributed by atoms with Gasteiger partial charge in [-0.3, -0.25) is 0 Å². The molecule has 0 heterocycles. The molecule has 2 rings (SSSR count). The molecule has 18 heavy (non-hydrogen) atoms. The average molecular weight is 312 g/mol. The molecule has 2 N–H and O–H groups in total. The van der Waals surface area contributed by atoms with Gasteiger partial charge in [0.05, 0.1) is 4.47 Å². The second kappa shape index (κ2) is 5.59. The fourth-order valence-corrected chi connectivity index (χ4v) is 2.22. The van der Waals surface area contributed by atoms with Crippen LogP contribution in [-0.2, 0) is 6.42 Å². The van der Waals surface area contributed by atoms with Crippen LogP contribution in [0.2, 0.25) is 0 Å². The van der Waals surface area contributed by atoms with Gasteiger partial charge in [0, 0.05) is 11.6 Å². The highest BCUT2D eigenvalue weighted by molar-refractivity contribution is 9.10. The fourth-order valence-electron chi connectivity index (χ4n) is 1.83. The number of hydrogen-bond donors (Lipinski definition) is 1. The first-order valence-corrected chi connectivity index (χ1v) is 6.31. The molecule has 0 amide bonds. The average Bonchev–Trinajstić information content (AvgIpc) is 2.32. The van der Waals surface area contributed by atoms with E-state index in [9.17, 15) is 8.78 Å². The Balaban J connectivity index is 2.22. The zero-order valence-electron chi connectivity index (χ0n) is 9.54. The summed E-state index contributed by atoms with van der Waals surface area (Å²) in [6, 6.07) is 10.7. The molecule has 1 nitrogen and oxygen atoms in total. The first-order chi connectivity index (χ1) is 8.58. The lowest BCUT2D eigenvalue weighted by Gasteiger charge is -2.13. The third-order valence-electron chi connectivity index (χ3n) is 2.73. The Hall–Kier alpha value is -1.26. The quantitative estimate of drug-likeness (QED) is 0.912. The molecule has 0 saturated carbocycles. The Morgan fingerprint density at radius 1 is 1.11 bits per heavy atom. The van der Waals surface area contributed by atoms with Gasteiger partial charge in [-0.25, -0.2) is 8.78 Å². The van der Waals surface area contributed by atoms with Crippen LogP contribution < -0.4 is 5.73 Å². The van der Waals surface area contributed by atoms with E-state index < -0.39 is 6.04 Å². The van der Waals surface area contributed by atoms with Crippen molar-refractivity contribution in [2.45, 2.75) is 12.5 Å². The minimum Gasteiger partial charge on any atom is -0.324 e. The van der Waals surface area contributed by atoms with E-state index in [2.05, 4.69) is 15.9 Å². The number of nitrogens with two attached hydrogens (primary N) is 1. The molecule has 0 aliphatic heterocycles. The van der Waals surface area contributed by atoms with Gasteiger partial charge in [-0.1, -0.05) is 24.3 Å². The largest absolute Gasteiger partial charge is 0.324 e. The van der Waals surface area contributed by atoms with Crippen LogP contribution in [-0.4, -0.2) is 0 Å². The van der Waals surface area contributed by atoms with Crippen molar-refractivity contribution in [3.8, 4) is 0 Å². The highest BCUT2D eigenvalue weighted by Crippen LogP contribution is 2.24. The molecule has 2 aromatic rings. The zero-order chi connectivity index (χ0) is 13.1. The monoisotopic (exact) mass is 311 g/mol. The van der Waals surface area contributed by atoms with Gasteiger partial charge in [-0.2, -0.15) is 0 Å². The van der Waals surface area contributed by atoms with Crippen LogP contribution in [0.15, 0.2) is 46.9 Å². The van der Waals surface area contributed by atoms with Crippen molar-refractivity contribution in [1.82, 2.24) is 0 Å². The van der Waals surface area contributed by atoms with Crippen LogP contribution in [0.1, 0.15) is 17.2 Å². The van der Waals surface area contributed by atoms with Gasteiger partial charge in [-0.15, -0.1) is 0 Å². The summed E-state index contributed by atoms with van der Waals surface area (Å²) in [7, 11) is 0. The summed E-state index contributed by atoms with van der Waals surface area (Å²) < 4.78 is 27.3. The van der Waals surface area contributed by atoms with Crippen molar-refractivity contribution in [3.05, 3.63) is 69.7 Å². The predicted molar refractivity (Wildman–Crippen MR) is 71.1 cm³/mol. The maximum absolute atomic E-state index is 13.8. The molecular formula is C14H12BrF2N. The van der Waals surface area contributed by atoms with Crippen molar-refractivity contribution in [2.24, 2.45) is 5.73 Å². The second-order valence-corrected chi connectivity index (χ2v) is 4.94. The molecule has 0 aromatic heterocycles. The van der Waals surface area contributed by atoms with E-state index in [1.807, 2.05) is 0 Å². The number of hydrogen-bond acceptors (Lipinski definition) is 1. The van der Waals surface area contributed by atoms with Gasteiger partial charge in [-0.05, 0) is 46.1 Å². The normalized spacial score (nSPS) is 12.4. The molecule has 1 unspecified atom stereocenters. The van der Waals surface area contributed by atoms with Crippen molar-refractivity contribution < 1.29 is 8.78 Å². The Bertz CT molecular complexity index is 557. The summed E-state index contributed by atoms with van der Waals surface area (Å²) in [5, 5.41) is 0. The van der Waals surface area contributed by atoms with Crippen LogP contribution in [0.4, 0.5) is 8.78 Å². The van der Waals surface area contributed by atoms with Crippen molar-refractivity contribution in [3.63, 3.8) is 0 Å². The van der Waals surface area contributed by atoms with Crippen LogP contribution in [0.25, 0.3) is 0 Å². The Morgan fingerprint density at radius 2 is 1.83 bits per heavy atom. The van der Waals surface area contributed by atoms with Crippen molar-refractivity contribution >= 4 is 15.9 Å². The molecule has 0 aliphatic rings. The molecule has 0 fully saturated rings. The summed E-state index contributed by atoms with van der Waals surface area (Å²) in [5.41, 5.74) is 7.14. The Kier molecular flexibility index (Phi) is 4.09. The lowest BCUT2D eigenvalue weighted by Crippen LogP contribution is -2.15. The lowest BCUT2D eigenvalue weighted by atomic mass is 9.99. The van der Waals surface area contributed by atoms with Gasteiger partial charge in [0.1, 0.15) is 11.6 Å². The molecule has 0 spiro atoms. The van der Waals surface area contributed by atoms with Crippen LogP contribution in [0.3, 0.4) is 0 Å². The Morgan fingerprint density at radius 3 is 2.56 bits per heavy atom. The molecule has 1 atom stereocenters. The van der Waals surface area contributed by atoms with Gasteiger partial charge < -0.3 is 5.73 Å². The van der Waals surface area contributed by atoms with Crippen LogP contribution in [0.5, 0.6) is 0 Å². The summed E-state index contributed by atoms with van der Waals surface area (Å²) in [5.74, 6) is -0.671. The van der Waals surface area contributed by atoms with Crippen LogP contribution in [0, 0.1) is 11.6 Å². The molecule has 4 heteroatoms. The smallest absolute Gasteiger partial charge is 0.142 e. The number of halogens is 3. The number of benzene rings is 2. The van der Waals surface area contributed by atoms with Gasteiger partial charge in [0.2, 0.25) is 0 Å². The van der Waals surface area contributed by atoms with E-state index in [1.165, 1.54) is 12.1 Å². The van der Waals surface area contributed by atoms with Crippen LogP contribution >= 0.6 is 15.9 Å². The van der Waals surface area contributed by atoms with Gasteiger partial charge in [0.15, 0.2) is 0 Å². The standard InChI is InChI=1S/C14H12BrF2N/c15-12-6-2-5-11(14(12)17)13(18)8-9-3-1-4-10(16)7-9/h1-7,13H,8,18H2. The van der Waals surface area contributed by atoms with E-state index in [1.54, 1.807) is 30.3 Å². The lowest BCUT2D eigenvalue weighted by molar-refractivity contribution is 0.573. The van der Waals surface area contributed by atoms with E-state index in [0.717, 1.165) is 5.56 Å². The van der Waals surface area contributed by atoms with Gasteiger partial charge in [0.25, 0.3) is 0 Å². The van der Waals surface area contributed by atoms with E-state index in [4.69, 9.17) is 5.73 Å². The molecule has 94 valence electrons. The molecule has 0 aliphatic carbocycles. The summed E-state index contributed by atoms with van der Waals surface area (Å²) in [4.78, 5) is 0. The zero-order valence-corrected chi connectivity index (χ0v) is 11.1. The highest BCUT2D eigenvalue weighted by atomic mass is 79.9. The van der Waals surface area contributed by atoms with Gasteiger partial charge >= 0.3 is 0 Å². The second-order valence-electron chi connectivity index (χ2n) is 4.08. The summed E-state index contributed by atoms with van der Waals surface area (Å²) in [6.07, 6.45) is 0.394. The molecule has 2 aromatic carbocycles. The topological polar surface area (TPSA) is 26.0 Å². The summed E-state index contributed by atoms with van der Waals surface area (Å²) in [6.45, 7) is 0. The van der Waals surface area contributed by atoms with E-state index >= 15 is 0 Å². The van der Waals surface area contributed by atoms with E-state index in [-0.39, 0.29) is 11.6 Å². The molecule has 0 saturated heterocycles. The van der Waals surface area contributed by atoms with Crippen molar-refractivity contribution in [2.75, 3.05) is 0 Å². The fraction of sp³-hybridized carbons (Fsp3) is 0.143. The highest BCUT2D eigenvalue weighted by Gasteiger charge is 2.14. The Labute approximate surface area is 113 Å². The first kappa shape index (κ1) is 13.2. The SMILES string of the molecule is NC(Cc1cccc(F)c1)c1cccc(Br)c1F. The maximum atomic E-state index is 13.8. The minimum atomic E-state index is -0.496. The summed E-state index contributed by atoms with van der Waals surface area (Å²) >= 11 is 3.12. The molecule has 0 bridgehead atoms. The van der Waals surface area contributed by atoms with Crippen molar-refractivity contribution in [1.29, 1.82) is 0 Å². The minimum absolute atomic E-state index is 0.311. The van der Waals surface area contributed by atoms with E-state index in [0.29, 0.717) is 16.5 Å². The third kappa shape index (κ3) is 2.94. The maximum Gasteiger partial charge on any atom is 0.142 e. The predicted octanol–water partition coefficient (Wildman–Crippen LogP) is 3.97. The molecule has 0 radical (unpaired) electrons. The number of rotatable bonds is 3. The third-order valence-corrected chi connectivity index (χ3v) is 3.34.